The van der Waals surface area contributed by atoms with Crippen LogP contribution in [0, 0.1) is 13.8 Å². The fourth-order valence-electron chi connectivity index (χ4n) is 2.94. The summed E-state index contributed by atoms with van der Waals surface area (Å²) in [5.74, 6) is 1.19. The van der Waals surface area contributed by atoms with E-state index in [1.54, 1.807) is 48.8 Å². The lowest BCUT2D eigenvalue weighted by Crippen LogP contribution is -1.92. The summed E-state index contributed by atoms with van der Waals surface area (Å²) in [7, 11) is 3.08. The van der Waals surface area contributed by atoms with Gasteiger partial charge in [-0.2, -0.15) is 0 Å². The van der Waals surface area contributed by atoms with E-state index in [-0.39, 0.29) is 11.5 Å². The molecule has 0 atom stereocenters. The lowest BCUT2D eigenvalue weighted by atomic mass is 10.1. The third kappa shape index (κ3) is 4.43. The molecule has 0 unspecified atom stereocenters. The Balaban J connectivity index is 2.05. The van der Waals surface area contributed by atoms with Crippen LogP contribution in [-0.2, 0) is 0 Å². The van der Waals surface area contributed by atoms with E-state index < -0.39 is 0 Å². The van der Waals surface area contributed by atoms with Crippen LogP contribution in [0.5, 0.6) is 23.0 Å². The van der Waals surface area contributed by atoms with E-state index in [4.69, 9.17) is 9.47 Å². The first kappa shape index (κ1) is 20.9. The highest BCUT2D eigenvalue weighted by Gasteiger charge is 2.09. The maximum Gasteiger partial charge on any atom is 0.131 e. The van der Waals surface area contributed by atoms with Crippen LogP contribution in [0.4, 0.5) is 11.4 Å². The van der Waals surface area contributed by atoms with Gasteiger partial charge in [0.25, 0.3) is 0 Å². The van der Waals surface area contributed by atoms with Crippen LogP contribution in [0.3, 0.4) is 0 Å². The van der Waals surface area contributed by atoms with Gasteiger partial charge in [-0.25, -0.2) is 0 Å². The van der Waals surface area contributed by atoms with Crippen molar-refractivity contribution in [2.75, 3.05) is 14.2 Å². The molecule has 3 rings (SSSR count). The molecule has 0 bridgehead atoms. The molecule has 0 aromatic heterocycles. The second-order valence-electron chi connectivity index (χ2n) is 6.73. The number of phenolic OH excluding ortho intramolecular Hbond substituents is 2. The molecule has 0 saturated carbocycles. The zero-order valence-corrected chi connectivity index (χ0v) is 17.4. The number of nitrogens with zero attached hydrogens (tertiary/aromatic N) is 2. The van der Waals surface area contributed by atoms with E-state index in [2.05, 4.69) is 9.98 Å². The van der Waals surface area contributed by atoms with Crippen molar-refractivity contribution in [2.24, 2.45) is 9.98 Å². The molecule has 154 valence electrons. The summed E-state index contributed by atoms with van der Waals surface area (Å²) in [6.45, 7) is 3.99. The molecular weight excluding hydrogens is 380 g/mol. The molecule has 30 heavy (non-hydrogen) atoms. The predicted molar refractivity (Wildman–Crippen MR) is 120 cm³/mol. The molecule has 0 saturated heterocycles. The molecule has 0 aliphatic carbocycles. The van der Waals surface area contributed by atoms with Gasteiger partial charge in [0.05, 0.1) is 36.7 Å². The number of aromatic hydroxyl groups is 2. The van der Waals surface area contributed by atoms with Gasteiger partial charge < -0.3 is 19.7 Å². The largest absolute Gasteiger partial charge is 0.507 e. The van der Waals surface area contributed by atoms with Crippen molar-refractivity contribution in [1.29, 1.82) is 0 Å². The molecule has 6 nitrogen and oxygen atoms in total. The van der Waals surface area contributed by atoms with Crippen LogP contribution in [0.1, 0.15) is 22.3 Å². The van der Waals surface area contributed by atoms with Crippen LogP contribution in [0.25, 0.3) is 0 Å². The molecule has 0 spiro atoms. The zero-order chi connectivity index (χ0) is 21.7. The van der Waals surface area contributed by atoms with Gasteiger partial charge in [-0.1, -0.05) is 12.1 Å². The van der Waals surface area contributed by atoms with Gasteiger partial charge in [-0.05, 0) is 61.4 Å². The fraction of sp³-hybridized carbons (Fsp3) is 0.167. The maximum atomic E-state index is 10.2. The molecular formula is C24H24N2O4. The highest BCUT2D eigenvalue weighted by molar-refractivity contribution is 5.92. The molecule has 0 heterocycles. The lowest BCUT2D eigenvalue weighted by molar-refractivity contribution is 0.406. The summed E-state index contributed by atoms with van der Waals surface area (Å²) in [4.78, 5) is 9.11. The van der Waals surface area contributed by atoms with Crippen LogP contribution >= 0.6 is 0 Å². The van der Waals surface area contributed by atoms with E-state index in [0.717, 1.165) is 11.1 Å². The van der Waals surface area contributed by atoms with Crippen molar-refractivity contribution in [3.05, 3.63) is 70.8 Å². The van der Waals surface area contributed by atoms with Crippen molar-refractivity contribution >= 4 is 23.8 Å². The first-order valence-electron chi connectivity index (χ1n) is 9.36. The Morgan fingerprint density at radius 3 is 1.47 bits per heavy atom. The first-order chi connectivity index (χ1) is 14.4. The Morgan fingerprint density at radius 2 is 1.10 bits per heavy atom. The minimum Gasteiger partial charge on any atom is -0.507 e. The topological polar surface area (TPSA) is 83.6 Å². The number of hydrogen-bond donors (Lipinski definition) is 2. The van der Waals surface area contributed by atoms with Crippen molar-refractivity contribution in [3.8, 4) is 23.0 Å². The van der Waals surface area contributed by atoms with E-state index in [9.17, 15) is 10.2 Å². The summed E-state index contributed by atoms with van der Waals surface area (Å²) in [6, 6.07) is 13.9. The van der Waals surface area contributed by atoms with Gasteiger partial charge in [-0.3, -0.25) is 9.98 Å². The average molecular weight is 404 g/mol. The van der Waals surface area contributed by atoms with Gasteiger partial charge in [0.15, 0.2) is 0 Å². The summed E-state index contributed by atoms with van der Waals surface area (Å²) in [5.41, 5.74) is 4.32. The van der Waals surface area contributed by atoms with E-state index in [1.807, 2.05) is 26.0 Å². The van der Waals surface area contributed by atoms with E-state index in [1.165, 1.54) is 14.2 Å². The van der Waals surface area contributed by atoms with Crippen molar-refractivity contribution in [3.63, 3.8) is 0 Å². The monoisotopic (exact) mass is 404 g/mol. The molecule has 0 amide bonds. The number of hydrogen-bond acceptors (Lipinski definition) is 6. The van der Waals surface area contributed by atoms with Crippen LogP contribution in [-0.4, -0.2) is 36.9 Å². The average Bonchev–Trinajstić information content (AvgIpc) is 2.74. The van der Waals surface area contributed by atoms with Gasteiger partial charge >= 0.3 is 0 Å². The third-order valence-electron chi connectivity index (χ3n) is 4.78. The van der Waals surface area contributed by atoms with Crippen molar-refractivity contribution < 1.29 is 19.7 Å². The first-order valence-corrected chi connectivity index (χ1v) is 9.36. The Bertz CT molecular complexity index is 1030. The summed E-state index contributed by atoms with van der Waals surface area (Å²) < 4.78 is 10.6. The second kappa shape index (κ2) is 9.13. The highest BCUT2D eigenvalue weighted by Crippen LogP contribution is 2.34. The van der Waals surface area contributed by atoms with Crippen LogP contribution in [0.2, 0.25) is 0 Å². The number of aliphatic imine (C=N–C) groups is 2. The number of ether oxygens (including phenoxy) is 2. The molecule has 0 aliphatic heterocycles. The van der Waals surface area contributed by atoms with Crippen LogP contribution < -0.4 is 9.47 Å². The minimum atomic E-state index is 0.0749. The molecule has 3 aromatic carbocycles. The SMILES string of the molecule is COc1cccc(O)c1C=Nc1cc(C)c(C)cc1N=Cc1c(O)cccc1OC. The maximum absolute atomic E-state index is 10.2. The van der Waals surface area contributed by atoms with Gasteiger partial charge in [-0.15, -0.1) is 0 Å². The fourth-order valence-corrected chi connectivity index (χ4v) is 2.94. The van der Waals surface area contributed by atoms with Gasteiger partial charge in [0, 0.05) is 12.4 Å². The van der Waals surface area contributed by atoms with Crippen molar-refractivity contribution in [2.45, 2.75) is 13.8 Å². The number of methoxy groups -OCH3 is 2. The van der Waals surface area contributed by atoms with Crippen LogP contribution in [0.15, 0.2) is 58.5 Å². The summed E-state index contributed by atoms with van der Waals surface area (Å²) in [6.07, 6.45) is 3.11. The molecule has 0 radical (unpaired) electrons. The number of phenols is 2. The van der Waals surface area contributed by atoms with Crippen molar-refractivity contribution in [1.82, 2.24) is 0 Å². The number of aryl methyl sites for hydroxylation is 2. The summed E-state index contributed by atoms with van der Waals surface area (Å²) in [5, 5.41) is 20.3. The Hall–Kier alpha value is -3.80. The Labute approximate surface area is 175 Å². The molecule has 2 N–H and O–H groups in total. The Morgan fingerprint density at radius 1 is 0.700 bits per heavy atom. The zero-order valence-electron chi connectivity index (χ0n) is 17.4. The molecule has 0 fully saturated rings. The third-order valence-corrected chi connectivity index (χ3v) is 4.78. The standard InChI is InChI=1S/C24H24N2O4/c1-15-11-19(25-13-17-21(27)7-5-9-23(17)29-3)20(12-16(15)2)26-14-18-22(28)8-6-10-24(18)30-4/h5-14,27-28H,1-4H3. The lowest BCUT2D eigenvalue weighted by Gasteiger charge is -2.09. The minimum absolute atomic E-state index is 0.0749. The second-order valence-corrected chi connectivity index (χ2v) is 6.73. The van der Waals surface area contributed by atoms with E-state index in [0.29, 0.717) is 34.0 Å². The van der Waals surface area contributed by atoms with Gasteiger partial charge in [0.2, 0.25) is 0 Å². The van der Waals surface area contributed by atoms with Gasteiger partial charge in [0.1, 0.15) is 23.0 Å². The molecule has 6 heteroatoms. The highest BCUT2D eigenvalue weighted by atomic mass is 16.5. The molecule has 0 aliphatic rings. The predicted octanol–water partition coefficient (Wildman–Crippen LogP) is 5.23. The normalized spacial score (nSPS) is 11.3. The molecule has 3 aromatic rings. The van der Waals surface area contributed by atoms with E-state index >= 15 is 0 Å². The quantitative estimate of drug-likeness (QED) is 0.551. The smallest absolute Gasteiger partial charge is 0.131 e. The number of benzene rings is 3. The number of rotatable bonds is 6. The Kier molecular flexibility index (Phi) is 6.37. The summed E-state index contributed by atoms with van der Waals surface area (Å²) >= 11 is 0.